The van der Waals surface area contributed by atoms with Crippen LogP contribution in [-0.4, -0.2) is 18.2 Å². The fourth-order valence-corrected chi connectivity index (χ4v) is 7.08. The number of ether oxygens (including phenoxy) is 2. The van der Waals surface area contributed by atoms with Gasteiger partial charge in [-0.1, -0.05) is 45.3 Å². The van der Waals surface area contributed by atoms with E-state index >= 15 is 0 Å². The molecule has 0 aromatic rings. The van der Waals surface area contributed by atoms with Crippen molar-refractivity contribution < 1.29 is 19.1 Å². The molecule has 0 bridgehead atoms. The second kappa shape index (κ2) is 8.20. The van der Waals surface area contributed by atoms with E-state index in [-0.39, 0.29) is 17.4 Å². The number of rotatable bonds is 5. The Hall–Kier alpha value is -1.32. The van der Waals surface area contributed by atoms with Crippen LogP contribution in [0.15, 0.2) is 12.2 Å². The Morgan fingerprint density at radius 1 is 0.929 bits per heavy atom. The fourth-order valence-electron chi connectivity index (χ4n) is 7.08. The molecule has 156 valence electrons. The molecule has 6 atom stereocenters. The highest BCUT2D eigenvalue weighted by molar-refractivity contribution is 5.71. The van der Waals surface area contributed by atoms with Gasteiger partial charge in [0.15, 0.2) is 0 Å². The van der Waals surface area contributed by atoms with Gasteiger partial charge in [-0.2, -0.15) is 0 Å². The van der Waals surface area contributed by atoms with E-state index in [1.54, 1.807) is 13.8 Å². The van der Waals surface area contributed by atoms with E-state index < -0.39 is 6.29 Å². The van der Waals surface area contributed by atoms with Crippen LogP contribution >= 0.6 is 0 Å². The Morgan fingerprint density at radius 3 is 2.36 bits per heavy atom. The SMILES string of the molecule is CCC(=O)OC(OC(=O)CC)[C@@]12C=CC[C@H]1[C@@H]1CCC3CCCC[C@@H]3[C@H]1CC2. The van der Waals surface area contributed by atoms with Crippen molar-refractivity contribution in [2.24, 2.45) is 35.0 Å². The molecule has 4 rings (SSSR count). The van der Waals surface area contributed by atoms with Crippen LogP contribution in [0.25, 0.3) is 0 Å². The zero-order valence-electron chi connectivity index (χ0n) is 17.5. The third-order valence-corrected chi connectivity index (χ3v) is 8.37. The Morgan fingerprint density at radius 2 is 1.64 bits per heavy atom. The van der Waals surface area contributed by atoms with Gasteiger partial charge in [-0.15, -0.1) is 0 Å². The van der Waals surface area contributed by atoms with Gasteiger partial charge in [0, 0.05) is 12.8 Å². The first-order chi connectivity index (χ1) is 13.6. The van der Waals surface area contributed by atoms with Gasteiger partial charge in [-0.3, -0.25) is 9.59 Å². The van der Waals surface area contributed by atoms with Crippen LogP contribution in [0.2, 0.25) is 0 Å². The zero-order chi connectivity index (χ0) is 19.7. The molecule has 1 unspecified atom stereocenters. The van der Waals surface area contributed by atoms with Gasteiger partial charge in [0.25, 0.3) is 6.29 Å². The molecule has 0 N–H and O–H groups in total. The molecule has 0 heterocycles. The maximum Gasteiger partial charge on any atom is 0.308 e. The third kappa shape index (κ3) is 3.41. The summed E-state index contributed by atoms with van der Waals surface area (Å²) in [6.07, 6.45) is 15.8. The number of carbonyl (C=O) groups is 2. The van der Waals surface area contributed by atoms with Gasteiger partial charge in [0.1, 0.15) is 0 Å². The van der Waals surface area contributed by atoms with E-state index in [4.69, 9.17) is 9.47 Å². The van der Waals surface area contributed by atoms with Crippen LogP contribution in [0.1, 0.15) is 84.5 Å². The van der Waals surface area contributed by atoms with Crippen molar-refractivity contribution in [2.45, 2.75) is 90.8 Å². The number of fused-ring (bicyclic) bond motifs is 5. The minimum atomic E-state index is -0.763. The molecule has 0 saturated heterocycles. The first-order valence-electron chi connectivity index (χ1n) is 11.7. The van der Waals surface area contributed by atoms with Crippen molar-refractivity contribution in [3.63, 3.8) is 0 Å². The monoisotopic (exact) mass is 388 g/mol. The zero-order valence-corrected chi connectivity index (χ0v) is 17.5. The molecule has 4 aliphatic rings. The minimum Gasteiger partial charge on any atom is -0.424 e. The number of esters is 2. The summed E-state index contributed by atoms with van der Waals surface area (Å²) < 4.78 is 11.5. The summed E-state index contributed by atoms with van der Waals surface area (Å²) in [5.41, 5.74) is -0.321. The lowest BCUT2D eigenvalue weighted by Gasteiger charge is -2.56. The second-order valence-electron chi connectivity index (χ2n) is 9.53. The minimum absolute atomic E-state index is 0.277. The van der Waals surface area contributed by atoms with Gasteiger partial charge < -0.3 is 9.47 Å². The van der Waals surface area contributed by atoms with Crippen molar-refractivity contribution in [1.29, 1.82) is 0 Å². The van der Waals surface area contributed by atoms with Gasteiger partial charge >= 0.3 is 11.9 Å². The molecule has 4 aliphatic carbocycles. The second-order valence-corrected chi connectivity index (χ2v) is 9.53. The molecule has 3 fully saturated rings. The lowest BCUT2D eigenvalue weighted by Crippen LogP contribution is -2.53. The standard InChI is InChI=1S/C24H36O4/c1-3-21(25)27-23(28-22(26)4-2)24-14-7-10-20(24)19-12-11-16-8-5-6-9-17(16)18(19)13-15-24/h7,14,16-20,23H,3-6,8-13,15H2,1-2H3/t16?,17-,18+,19+,20-,24+/m0/s1. The van der Waals surface area contributed by atoms with E-state index in [9.17, 15) is 9.59 Å². The molecular weight excluding hydrogens is 352 g/mol. The summed E-state index contributed by atoms with van der Waals surface area (Å²) >= 11 is 0. The Bertz CT molecular complexity index is 608. The van der Waals surface area contributed by atoms with Gasteiger partial charge in [0.2, 0.25) is 0 Å². The molecule has 0 aliphatic heterocycles. The Kier molecular flexibility index (Phi) is 5.85. The number of carbonyl (C=O) groups excluding carboxylic acids is 2. The van der Waals surface area contributed by atoms with Crippen LogP contribution in [-0.2, 0) is 19.1 Å². The third-order valence-electron chi connectivity index (χ3n) is 8.37. The fraction of sp³-hybridized carbons (Fsp3) is 0.833. The summed E-state index contributed by atoms with van der Waals surface area (Å²) in [7, 11) is 0. The van der Waals surface area contributed by atoms with E-state index in [1.807, 2.05) is 0 Å². The quantitative estimate of drug-likeness (QED) is 0.359. The van der Waals surface area contributed by atoms with Crippen molar-refractivity contribution >= 4 is 11.9 Å². The predicted octanol–water partition coefficient (Wildman–Crippen LogP) is 5.41. The molecule has 3 saturated carbocycles. The van der Waals surface area contributed by atoms with Gasteiger partial charge in [0.05, 0.1) is 5.41 Å². The summed E-state index contributed by atoms with van der Waals surface area (Å²) in [5.74, 6) is 3.19. The number of hydrogen-bond donors (Lipinski definition) is 0. The average molecular weight is 389 g/mol. The Labute approximate surface area is 169 Å². The number of hydrogen-bond acceptors (Lipinski definition) is 4. The summed E-state index contributed by atoms with van der Waals surface area (Å²) in [4.78, 5) is 24.3. The Balaban J connectivity index is 1.59. The molecule has 0 amide bonds. The highest BCUT2D eigenvalue weighted by Gasteiger charge is 2.58. The molecule has 4 heteroatoms. The van der Waals surface area contributed by atoms with Crippen LogP contribution < -0.4 is 0 Å². The molecule has 28 heavy (non-hydrogen) atoms. The molecule has 0 radical (unpaired) electrons. The molecule has 0 spiro atoms. The first kappa shape index (κ1) is 20.0. The maximum atomic E-state index is 12.2. The van der Waals surface area contributed by atoms with E-state index in [2.05, 4.69) is 12.2 Å². The molecule has 0 aromatic carbocycles. The topological polar surface area (TPSA) is 52.6 Å². The van der Waals surface area contributed by atoms with Crippen LogP contribution in [0.4, 0.5) is 0 Å². The van der Waals surface area contributed by atoms with Crippen molar-refractivity contribution in [3.8, 4) is 0 Å². The van der Waals surface area contributed by atoms with E-state index in [1.165, 1.54) is 44.9 Å². The highest BCUT2D eigenvalue weighted by Crippen LogP contribution is 2.62. The smallest absolute Gasteiger partial charge is 0.308 e. The van der Waals surface area contributed by atoms with Gasteiger partial charge in [-0.25, -0.2) is 0 Å². The maximum absolute atomic E-state index is 12.2. The highest BCUT2D eigenvalue weighted by atomic mass is 16.7. The largest absolute Gasteiger partial charge is 0.424 e. The van der Waals surface area contributed by atoms with Crippen LogP contribution in [0.3, 0.4) is 0 Å². The van der Waals surface area contributed by atoms with Crippen molar-refractivity contribution in [2.75, 3.05) is 0 Å². The van der Waals surface area contributed by atoms with Gasteiger partial charge in [-0.05, 0) is 68.1 Å². The summed E-state index contributed by atoms with van der Waals surface area (Å²) in [6, 6.07) is 0. The van der Waals surface area contributed by atoms with Crippen LogP contribution in [0.5, 0.6) is 0 Å². The molecule has 4 nitrogen and oxygen atoms in total. The van der Waals surface area contributed by atoms with E-state index in [0.717, 1.165) is 30.6 Å². The predicted molar refractivity (Wildman–Crippen MR) is 107 cm³/mol. The average Bonchev–Trinajstić information content (AvgIpc) is 3.18. The number of allylic oxidation sites excluding steroid dienone is 1. The molecule has 0 aromatic heterocycles. The lowest BCUT2D eigenvalue weighted by atomic mass is 9.50. The van der Waals surface area contributed by atoms with E-state index in [0.29, 0.717) is 24.7 Å². The summed E-state index contributed by atoms with van der Waals surface area (Å²) in [5, 5.41) is 0. The first-order valence-corrected chi connectivity index (χ1v) is 11.7. The lowest BCUT2D eigenvalue weighted by molar-refractivity contribution is -0.224. The van der Waals surface area contributed by atoms with Crippen LogP contribution in [0, 0.1) is 35.0 Å². The summed E-state index contributed by atoms with van der Waals surface area (Å²) in [6.45, 7) is 3.59. The molecular formula is C24H36O4. The van der Waals surface area contributed by atoms with Crippen molar-refractivity contribution in [1.82, 2.24) is 0 Å². The normalized spacial score (nSPS) is 39.0. The van der Waals surface area contributed by atoms with Crippen molar-refractivity contribution in [3.05, 3.63) is 12.2 Å².